The van der Waals surface area contributed by atoms with Crippen molar-refractivity contribution in [3.63, 3.8) is 0 Å². The highest BCUT2D eigenvalue weighted by Gasteiger charge is 2.21. The highest BCUT2D eigenvalue weighted by atomic mass is 15.3. The van der Waals surface area contributed by atoms with Crippen molar-refractivity contribution < 1.29 is 0 Å². The summed E-state index contributed by atoms with van der Waals surface area (Å²) in [6, 6.07) is 6.15. The number of hydrogen-bond acceptors (Lipinski definition) is 5. The first-order valence-electron chi connectivity index (χ1n) is 5.73. The van der Waals surface area contributed by atoms with Crippen LogP contribution in [-0.4, -0.2) is 42.6 Å². The van der Waals surface area contributed by atoms with Gasteiger partial charge in [0.1, 0.15) is 11.9 Å². The minimum atomic E-state index is 0.314. The average Bonchev–Trinajstić information content (AvgIpc) is 2.33. The molecule has 2 rings (SSSR count). The molecule has 1 unspecified atom stereocenters. The van der Waals surface area contributed by atoms with Crippen LogP contribution in [0.2, 0.25) is 0 Å². The SMILES string of the molecule is CC1CN(c2ccc(N)c(C#N)n2)CCN1C. The van der Waals surface area contributed by atoms with Crippen LogP contribution in [0.15, 0.2) is 12.1 Å². The summed E-state index contributed by atoms with van der Waals surface area (Å²) in [6.45, 7) is 5.06. The van der Waals surface area contributed by atoms with Gasteiger partial charge < -0.3 is 15.5 Å². The maximum absolute atomic E-state index is 8.92. The molecule has 0 aliphatic carbocycles. The summed E-state index contributed by atoms with van der Waals surface area (Å²) in [5.74, 6) is 0.843. The Morgan fingerprint density at radius 2 is 2.24 bits per heavy atom. The lowest BCUT2D eigenvalue weighted by atomic mass is 10.2. The predicted molar refractivity (Wildman–Crippen MR) is 67.7 cm³/mol. The molecule has 2 heterocycles. The molecule has 1 atom stereocenters. The van der Waals surface area contributed by atoms with E-state index in [1.807, 2.05) is 12.1 Å². The molecule has 90 valence electrons. The number of nitrogen functional groups attached to an aromatic ring is 1. The number of nitrogens with zero attached hydrogens (tertiary/aromatic N) is 4. The normalized spacial score (nSPS) is 21.2. The fraction of sp³-hybridized carbons (Fsp3) is 0.500. The van der Waals surface area contributed by atoms with E-state index < -0.39 is 0 Å². The Labute approximate surface area is 101 Å². The van der Waals surface area contributed by atoms with Gasteiger partial charge in [-0.1, -0.05) is 0 Å². The van der Waals surface area contributed by atoms with Crippen LogP contribution in [0, 0.1) is 11.3 Å². The largest absolute Gasteiger partial charge is 0.396 e. The average molecular weight is 231 g/mol. The molecule has 0 saturated carbocycles. The summed E-state index contributed by atoms with van der Waals surface area (Å²) in [7, 11) is 2.12. The summed E-state index contributed by atoms with van der Waals surface area (Å²) in [5, 5.41) is 8.92. The van der Waals surface area contributed by atoms with E-state index >= 15 is 0 Å². The van der Waals surface area contributed by atoms with Crippen molar-refractivity contribution in [1.82, 2.24) is 9.88 Å². The molecule has 5 heteroatoms. The van der Waals surface area contributed by atoms with E-state index in [9.17, 15) is 0 Å². The van der Waals surface area contributed by atoms with E-state index in [0.29, 0.717) is 17.4 Å². The summed E-state index contributed by atoms with van der Waals surface area (Å²) in [6.07, 6.45) is 0. The molecular weight excluding hydrogens is 214 g/mol. The topological polar surface area (TPSA) is 69.2 Å². The molecule has 0 amide bonds. The molecule has 1 saturated heterocycles. The Hall–Kier alpha value is -1.80. The number of aromatic nitrogens is 1. The molecule has 1 aromatic rings. The molecule has 0 radical (unpaired) electrons. The van der Waals surface area contributed by atoms with Crippen LogP contribution in [0.25, 0.3) is 0 Å². The van der Waals surface area contributed by atoms with Crippen molar-refractivity contribution in [2.45, 2.75) is 13.0 Å². The van der Waals surface area contributed by atoms with Crippen LogP contribution in [0.4, 0.5) is 11.5 Å². The second-order valence-corrected chi connectivity index (χ2v) is 4.49. The summed E-state index contributed by atoms with van der Waals surface area (Å²) < 4.78 is 0. The van der Waals surface area contributed by atoms with Crippen LogP contribution in [-0.2, 0) is 0 Å². The third kappa shape index (κ3) is 2.32. The van der Waals surface area contributed by atoms with E-state index in [2.05, 4.69) is 28.8 Å². The number of likely N-dealkylation sites (N-methyl/N-ethyl adjacent to an activating group) is 1. The van der Waals surface area contributed by atoms with Crippen LogP contribution < -0.4 is 10.6 Å². The third-order valence-corrected chi connectivity index (χ3v) is 3.30. The Balaban J connectivity index is 2.21. The van der Waals surface area contributed by atoms with E-state index in [1.165, 1.54) is 0 Å². The van der Waals surface area contributed by atoms with Crippen molar-refractivity contribution in [1.29, 1.82) is 5.26 Å². The Morgan fingerprint density at radius 1 is 1.47 bits per heavy atom. The molecule has 0 aromatic carbocycles. The quantitative estimate of drug-likeness (QED) is 0.769. The number of piperazine rings is 1. The third-order valence-electron chi connectivity index (χ3n) is 3.30. The summed E-state index contributed by atoms with van der Waals surface area (Å²) in [5.41, 5.74) is 6.42. The molecule has 0 spiro atoms. The minimum Gasteiger partial charge on any atom is -0.396 e. The first kappa shape index (κ1) is 11.7. The second kappa shape index (κ2) is 4.60. The Bertz CT molecular complexity index is 451. The molecule has 17 heavy (non-hydrogen) atoms. The summed E-state index contributed by atoms with van der Waals surface area (Å²) in [4.78, 5) is 8.81. The number of hydrogen-bond donors (Lipinski definition) is 1. The molecular formula is C12H17N5. The number of pyridine rings is 1. The fourth-order valence-electron chi connectivity index (χ4n) is 1.98. The van der Waals surface area contributed by atoms with Crippen LogP contribution in [0.3, 0.4) is 0 Å². The van der Waals surface area contributed by atoms with Crippen molar-refractivity contribution in [2.75, 3.05) is 37.3 Å². The van der Waals surface area contributed by atoms with Gasteiger partial charge in [-0.05, 0) is 26.1 Å². The van der Waals surface area contributed by atoms with E-state index in [-0.39, 0.29) is 0 Å². The molecule has 2 N–H and O–H groups in total. The second-order valence-electron chi connectivity index (χ2n) is 4.49. The molecule has 0 bridgehead atoms. The zero-order valence-corrected chi connectivity index (χ0v) is 10.2. The lowest BCUT2D eigenvalue weighted by Crippen LogP contribution is -2.50. The van der Waals surface area contributed by atoms with Crippen molar-refractivity contribution >= 4 is 11.5 Å². The van der Waals surface area contributed by atoms with Crippen molar-refractivity contribution in [3.05, 3.63) is 17.8 Å². The van der Waals surface area contributed by atoms with Gasteiger partial charge >= 0.3 is 0 Å². The first-order valence-corrected chi connectivity index (χ1v) is 5.73. The Morgan fingerprint density at radius 3 is 2.88 bits per heavy atom. The van der Waals surface area contributed by atoms with Crippen LogP contribution >= 0.6 is 0 Å². The minimum absolute atomic E-state index is 0.314. The monoisotopic (exact) mass is 231 g/mol. The fourth-order valence-corrected chi connectivity index (χ4v) is 1.98. The van der Waals surface area contributed by atoms with E-state index in [0.717, 1.165) is 25.5 Å². The van der Waals surface area contributed by atoms with Gasteiger partial charge in [-0.25, -0.2) is 4.98 Å². The van der Waals surface area contributed by atoms with Gasteiger partial charge in [0, 0.05) is 25.7 Å². The molecule has 1 aromatic heterocycles. The standard InChI is InChI=1S/C12H17N5/c1-9-8-17(6-5-16(9)2)12-4-3-10(14)11(7-13)15-12/h3-4,9H,5-6,8,14H2,1-2H3. The van der Waals surface area contributed by atoms with Gasteiger partial charge in [0.05, 0.1) is 5.69 Å². The van der Waals surface area contributed by atoms with Gasteiger partial charge in [-0.2, -0.15) is 5.26 Å². The molecule has 1 aliphatic heterocycles. The molecule has 1 fully saturated rings. The summed E-state index contributed by atoms with van der Waals surface area (Å²) >= 11 is 0. The van der Waals surface area contributed by atoms with E-state index in [1.54, 1.807) is 6.07 Å². The number of nitrogens with two attached hydrogens (primary N) is 1. The smallest absolute Gasteiger partial charge is 0.165 e. The van der Waals surface area contributed by atoms with Crippen LogP contribution in [0.1, 0.15) is 12.6 Å². The van der Waals surface area contributed by atoms with Crippen LogP contribution in [0.5, 0.6) is 0 Å². The highest BCUT2D eigenvalue weighted by Crippen LogP contribution is 2.19. The van der Waals surface area contributed by atoms with Crippen molar-refractivity contribution in [3.8, 4) is 6.07 Å². The predicted octanol–water partition coefficient (Wildman–Crippen LogP) is 0.676. The number of rotatable bonds is 1. The first-order chi connectivity index (χ1) is 8.11. The lowest BCUT2D eigenvalue weighted by Gasteiger charge is -2.38. The van der Waals surface area contributed by atoms with E-state index in [4.69, 9.17) is 11.0 Å². The molecule has 5 nitrogen and oxygen atoms in total. The zero-order chi connectivity index (χ0) is 12.4. The van der Waals surface area contributed by atoms with Gasteiger partial charge in [-0.15, -0.1) is 0 Å². The van der Waals surface area contributed by atoms with Gasteiger partial charge in [0.15, 0.2) is 5.69 Å². The lowest BCUT2D eigenvalue weighted by molar-refractivity contribution is 0.233. The van der Waals surface area contributed by atoms with Gasteiger partial charge in [-0.3, -0.25) is 0 Å². The number of anilines is 2. The maximum Gasteiger partial charge on any atom is 0.165 e. The number of nitriles is 1. The maximum atomic E-state index is 8.92. The molecule has 1 aliphatic rings. The highest BCUT2D eigenvalue weighted by molar-refractivity contribution is 5.55. The van der Waals surface area contributed by atoms with Crippen molar-refractivity contribution in [2.24, 2.45) is 0 Å². The zero-order valence-electron chi connectivity index (χ0n) is 10.2. The van der Waals surface area contributed by atoms with Gasteiger partial charge in [0.2, 0.25) is 0 Å². The Kier molecular flexibility index (Phi) is 3.16. The van der Waals surface area contributed by atoms with Gasteiger partial charge in [0.25, 0.3) is 0 Å².